The summed E-state index contributed by atoms with van der Waals surface area (Å²) in [6, 6.07) is 6.68. The third kappa shape index (κ3) is 5.14. The minimum atomic E-state index is -1.16. The molecule has 0 saturated carbocycles. The maximum absolute atomic E-state index is 12.8. The minimum absolute atomic E-state index is 0.00455. The SMILES string of the molecule is C[C@@H](O)[C@H]1C(=O)N2C(C(=O)O)=C(S[C@@H]3CN[C@H](C(=O)NCc4cccc(CCC(=O)O)c4)C3)[C@H](C)[C@H]12. The van der Waals surface area contributed by atoms with Gasteiger partial charge in [0.2, 0.25) is 11.8 Å². The number of nitrogens with one attached hydrogen (secondary N) is 2. The topological polar surface area (TPSA) is 156 Å². The van der Waals surface area contributed by atoms with Crippen molar-refractivity contribution in [2.75, 3.05) is 6.54 Å². The van der Waals surface area contributed by atoms with Gasteiger partial charge in [0.25, 0.3) is 0 Å². The molecule has 1 aromatic carbocycles. The van der Waals surface area contributed by atoms with Gasteiger partial charge in [-0.2, -0.15) is 0 Å². The molecule has 2 saturated heterocycles. The molecule has 3 aliphatic rings. The lowest BCUT2D eigenvalue weighted by molar-refractivity contribution is -0.163. The molecule has 2 amide bonds. The fraction of sp³-hybridized carbons (Fsp3) is 0.520. The molecule has 0 aromatic heterocycles. The predicted molar refractivity (Wildman–Crippen MR) is 132 cm³/mol. The average molecular weight is 518 g/mol. The fourth-order valence-corrected chi connectivity index (χ4v) is 6.79. The van der Waals surface area contributed by atoms with Crippen LogP contribution in [0.1, 0.15) is 37.8 Å². The van der Waals surface area contributed by atoms with E-state index < -0.39 is 30.0 Å². The number of carbonyl (C=O) groups excluding carboxylic acids is 2. The van der Waals surface area contributed by atoms with E-state index in [-0.39, 0.29) is 41.1 Å². The van der Waals surface area contributed by atoms with Crippen molar-refractivity contribution in [2.24, 2.45) is 11.8 Å². The molecule has 4 rings (SSSR count). The predicted octanol–water partition coefficient (Wildman–Crippen LogP) is 0.937. The van der Waals surface area contributed by atoms with E-state index in [1.807, 2.05) is 31.2 Å². The van der Waals surface area contributed by atoms with Gasteiger partial charge in [0.05, 0.1) is 24.1 Å². The van der Waals surface area contributed by atoms with Crippen LogP contribution in [-0.2, 0) is 32.1 Å². The Morgan fingerprint density at radius 2 is 1.97 bits per heavy atom. The lowest BCUT2D eigenvalue weighted by atomic mass is 9.79. The number of fused-ring (bicyclic) bond motifs is 1. The highest BCUT2D eigenvalue weighted by molar-refractivity contribution is 8.03. The quantitative estimate of drug-likeness (QED) is 0.285. The number of rotatable bonds is 10. The van der Waals surface area contributed by atoms with Crippen LogP contribution >= 0.6 is 11.8 Å². The Hall–Kier alpha value is -2.89. The number of thioether (sulfide) groups is 1. The second-order valence-corrected chi connectivity index (χ2v) is 11.0. The molecule has 2 fully saturated rings. The summed E-state index contributed by atoms with van der Waals surface area (Å²) in [7, 11) is 0. The van der Waals surface area contributed by atoms with Gasteiger partial charge in [-0.05, 0) is 30.9 Å². The molecule has 3 aliphatic heterocycles. The van der Waals surface area contributed by atoms with E-state index in [1.165, 1.54) is 16.7 Å². The number of carboxylic acid groups (broad SMARTS) is 2. The van der Waals surface area contributed by atoms with Gasteiger partial charge in [0.1, 0.15) is 5.70 Å². The molecule has 3 heterocycles. The number of β-lactam (4-membered cyclic amide) rings is 1. The first-order valence-electron chi connectivity index (χ1n) is 12.0. The zero-order valence-corrected chi connectivity index (χ0v) is 21.0. The number of amides is 2. The highest BCUT2D eigenvalue weighted by Crippen LogP contribution is 2.51. The number of hydrogen-bond acceptors (Lipinski definition) is 7. The summed E-state index contributed by atoms with van der Waals surface area (Å²) in [6.07, 6.45) is 0.136. The molecule has 1 aromatic rings. The van der Waals surface area contributed by atoms with E-state index in [4.69, 9.17) is 5.11 Å². The number of carbonyl (C=O) groups is 4. The van der Waals surface area contributed by atoms with Crippen LogP contribution in [0.3, 0.4) is 0 Å². The van der Waals surface area contributed by atoms with Crippen LogP contribution < -0.4 is 10.6 Å². The van der Waals surface area contributed by atoms with Crippen molar-refractivity contribution in [1.82, 2.24) is 15.5 Å². The lowest BCUT2D eigenvalue weighted by Crippen LogP contribution is -2.63. The van der Waals surface area contributed by atoms with Crippen molar-refractivity contribution in [2.45, 2.75) is 63.1 Å². The molecule has 6 atom stereocenters. The third-order valence-corrected chi connectivity index (χ3v) is 8.61. The monoisotopic (exact) mass is 517 g/mol. The van der Waals surface area contributed by atoms with Gasteiger partial charge in [0.15, 0.2) is 0 Å². The average Bonchev–Trinajstić information content (AvgIpc) is 3.38. The normalized spacial score (nSPS) is 28.0. The summed E-state index contributed by atoms with van der Waals surface area (Å²) in [4.78, 5) is 50.0. The van der Waals surface area contributed by atoms with Gasteiger partial charge in [-0.15, -0.1) is 11.8 Å². The number of aliphatic hydroxyl groups excluding tert-OH is 1. The van der Waals surface area contributed by atoms with E-state index in [0.29, 0.717) is 30.8 Å². The minimum Gasteiger partial charge on any atom is -0.481 e. The van der Waals surface area contributed by atoms with E-state index >= 15 is 0 Å². The maximum atomic E-state index is 12.8. The molecule has 0 aliphatic carbocycles. The molecule has 194 valence electrons. The fourth-order valence-electron chi connectivity index (χ4n) is 5.31. The molecule has 11 heteroatoms. The first-order valence-corrected chi connectivity index (χ1v) is 12.9. The molecule has 5 N–H and O–H groups in total. The van der Waals surface area contributed by atoms with Crippen molar-refractivity contribution >= 4 is 35.5 Å². The molecular formula is C25H31N3O7S. The Kier molecular flexibility index (Phi) is 7.72. The molecule has 0 radical (unpaired) electrons. The van der Waals surface area contributed by atoms with Crippen molar-refractivity contribution < 1.29 is 34.5 Å². The summed E-state index contributed by atoms with van der Waals surface area (Å²) < 4.78 is 0. The van der Waals surface area contributed by atoms with Gasteiger partial charge in [0, 0.05) is 35.6 Å². The zero-order valence-electron chi connectivity index (χ0n) is 20.1. The Morgan fingerprint density at radius 1 is 1.25 bits per heavy atom. The van der Waals surface area contributed by atoms with E-state index in [2.05, 4.69) is 10.6 Å². The summed E-state index contributed by atoms with van der Waals surface area (Å²) in [5, 5.41) is 34.7. The van der Waals surface area contributed by atoms with Crippen molar-refractivity contribution in [3.05, 3.63) is 46.0 Å². The van der Waals surface area contributed by atoms with Crippen LogP contribution in [0.15, 0.2) is 34.9 Å². The van der Waals surface area contributed by atoms with Crippen LogP contribution in [0, 0.1) is 11.8 Å². The first kappa shape index (κ1) is 26.2. The number of aryl methyl sites for hydroxylation is 1. The smallest absolute Gasteiger partial charge is 0.353 e. The highest BCUT2D eigenvalue weighted by Gasteiger charge is 2.60. The third-order valence-electron chi connectivity index (χ3n) is 7.10. The van der Waals surface area contributed by atoms with Crippen LogP contribution in [0.4, 0.5) is 0 Å². The number of nitrogens with zero attached hydrogens (tertiary/aromatic N) is 1. The largest absolute Gasteiger partial charge is 0.481 e. The van der Waals surface area contributed by atoms with E-state index in [9.17, 15) is 29.4 Å². The van der Waals surface area contributed by atoms with Gasteiger partial charge in [-0.3, -0.25) is 14.4 Å². The summed E-state index contributed by atoms with van der Waals surface area (Å²) in [5.74, 6) is -3.34. The summed E-state index contributed by atoms with van der Waals surface area (Å²) in [6.45, 7) is 4.28. The van der Waals surface area contributed by atoms with Gasteiger partial charge < -0.3 is 30.9 Å². The van der Waals surface area contributed by atoms with Crippen molar-refractivity contribution in [3.8, 4) is 0 Å². The highest BCUT2D eigenvalue weighted by atomic mass is 32.2. The number of carboxylic acids is 2. The molecule has 36 heavy (non-hydrogen) atoms. The van der Waals surface area contributed by atoms with Gasteiger partial charge >= 0.3 is 11.9 Å². The molecule has 0 bridgehead atoms. The van der Waals surface area contributed by atoms with Crippen LogP contribution in [-0.4, -0.2) is 74.0 Å². The van der Waals surface area contributed by atoms with Gasteiger partial charge in [-0.25, -0.2) is 4.79 Å². The maximum Gasteiger partial charge on any atom is 0.353 e. The molecule has 0 unspecified atom stereocenters. The van der Waals surface area contributed by atoms with Crippen LogP contribution in [0.5, 0.6) is 0 Å². The summed E-state index contributed by atoms with van der Waals surface area (Å²) >= 11 is 1.40. The Balaban J connectivity index is 1.34. The second-order valence-electron chi connectivity index (χ2n) is 9.64. The van der Waals surface area contributed by atoms with Crippen LogP contribution in [0.2, 0.25) is 0 Å². The van der Waals surface area contributed by atoms with Gasteiger partial charge in [-0.1, -0.05) is 31.2 Å². The molecule has 0 spiro atoms. The lowest BCUT2D eigenvalue weighted by Gasteiger charge is -2.46. The number of aliphatic hydroxyl groups is 1. The van der Waals surface area contributed by atoms with Crippen molar-refractivity contribution in [3.63, 3.8) is 0 Å². The van der Waals surface area contributed by atoms with E-state index in [0.717, 1.165) is 11.1 Å². The van der Waals surface area contributed by atoms with Crippen LogP contribution in [0.25, 0.3) is 0 Å². The number of benzene rings is 1. The molecular weight excluding hydrogens is 486 g/mol. The van der Waals surface area contributed by atoms with Crippen molar-refractivity contribution in [1.29, 1.82) is 0 Å². The standard InChI is InChI=1S/C25H31N3O7S/c1-12-20-19(13(2)29)24(33)28(20)21(25(34)35)22(12)36-16-9-17(26-11-16)23(32)27-10-15-5-3-4-14(8-15)6-7-18(30)31/h3-5,8,12-13,16-17,19-20,26,29H,6-7,9-11H2,1-2H3,(H,27,32)(H,30,31)(H,34,35)/t12-,13-,16+,17+,19-,20-/m1/s1. The Labute approximate surface area is 213 Å². The zero-order chi connectivity index (χ0) is 26.1. The summed E-state index contributed by atoms with van der Waals surface area (Å²) in [5.41, 5.74) is 1.77. The molecule has 10 nitrogen and oxygen atoms in total. The van der Waals surface area contributed by atoms with E-state index in [1.54, 1.807) is 6.92 Å². The number of aliphatic carboxylic acids is 2. The number of hydrogen-bond donors (Lipinski definition) is 5. The first-order chi connectivity index (χ1) is 17.1. The second kappa shape index (κ2) is 10.6. The Bertz CT molecular complexity index is 1100. The Morgan fingerprint density at radius 3 is 2.64 bits per heavy atom.